The van der Waals surface area contributed by atoms with Gasteiger partial charge in [0.05, 0.1) is 18.1 Å². The van der Waals surface area contributed by atoms with Gasteiger partial charge in [-0.05, 0) is 48.5 Å². The number of imide groups is 1. The average molecular weight is 379 g/mol. The number of hydrogen-bond acceptors (Lipinski definition) is 5. The van der Waals surface area contributed by atoms with Crippen molar-refractivity contribution in [3.8, 4) is 11.5 Å². The average Bonchev–Trinajstić information content (AvgIpc) is 2.94. The SMILES string of the molecule is O=C1CNC(=O)N1CNS(=O)(=O)c1ccc(Oc2ccc(F)cc2)cc1. The molecule has 0 atom stereocenters. The first-order valence-corrected chi connectivity index (χ1v) is 8.95. The summed E-state index contributed by atoms with van der Waals surface area (Å²) < 4.78 is 45.0. The molecule has 0 bridgehead atoms. The molecule has 1 aliphatic rings. The van der Waals surface area contributed by atoms with E-state index in [1.54, 1.807) is 0 Å². The lowest BCUT2D eigenvalue weighted by Crippen LogP contribution is -2.41. The molecule has 0 spiro atoms. The number of hydrogen-bond donors (Lipinski definition) is 2. The Morgan fingerprint density at radius 3 is 2.15 bits per heavy atom. The highest BCUT2D eigenvalue weighted by Crippen LogP contribution is 2.23. The van der Waals surface area contributed by atoms with Gasteiger partial charge in [0.2, 0.25) is 10.0 Å². The summed E-state index contributed by atoms with van der Waals surface area (Å²) in [5.74, 6) is -0.140. The van der Waals surface area contributed by atoms with Crippen molar-refractivity contribution in [2.24, 2.45) is 0 Å². The van der Waals surface area contributed by atoms with Crippen molar-refractivity contribution in [3.63, 3.8) is 0 Å². The second-order valence-electron chi connectivity index (χ2n) is 5.31. The van der Waals surface area contributed by atoms with Crippen LogP contribution in [0.4, 0.5) is 9.18 Å². The zero-order chi connectivity index (χ0) is 18.7. The van der Waals surface area contributed by atoms with Crippen LogP contribution in [-0.2, 0) is 14.8 Å². The van der Waals surface area contributed by atoms with Crippen LogP contribution >= 0.6 is 0 Å². The van der Waals surface area contributed by atoms with Gasteiger partial charge in [-0.3, -0.25) is 4.79 Å². The van der Waals surface area contributed by atoms with Gasteiger partial charge >= 0.3 is 6.03 Å². The molecule has 10 heteroatoms. The molecule has 2 aromatic carbocycles. The van der Waals surface area contributed by atoms with Gasteiger partial charge in [0.1, 0.15) is 17.3 Å². The number of carbonyl (C=O) groups excluding carboxylic acids is 2. The molecule has 1 heterocycles. The van der Waals surface area contributed by atoms with Crippen LogP contribution < -0.4 is 14.8 Å². The van der Waals surface area contributed by atoms with Crippen LogP contribution in [0.5, 0.6) is 11.5 Å². The molecule has 2 aromatic rings. The predicted molar refractivity (Wildman–Crippen MR) is 88.3 cm³/mol. The van der Waals surface area contributed by atoms with Crippen LogP contribution in [0.1, 0.15) is 0 Å². The molecule has 8 nitrogen and oxygen atoms in total. The zero-order valence-electron chi connectivity index (χ0n) is 13.3. The first kappa shape index (κ1) is 17.8. The molecule has 1 aliphatic heterocycles. The molecule has 3 rings (SSSR count). The Hall–Kier alpha value is -2.98. The van der Waals surface area contributed by atoms with Crippen LogP contribution in [0.2, 0.25) is 0 Å². The number of benzene rings is 2. The van der Waals surface area contributed by atoms with Crippen LogP contribution in [0, 0.1) is 5.82 Å². The smallest absolute Gasteiger partial charge is 0.325 e. The molecule has 0 radical (unpaired) electrons. The number of amides is 3. The first-order valence-electron chi connectivity index (χ1n) is 7.46. The van der Waals surface area contributed by atoms with E-state index in [4.69, 9.17) is 4.74 Å². The van der Waals surface area contributed by atoms with Crippen molar-refractivity contribution in [1.29, 1.82) is 0 Å². The molecule has 1 saturated heterocycles. The first-order chi connectivity index (χ1) is 12.3. The molecule has 26 heavy (non-hydrogen) atoms. The highest BCUT2D eigenvalue weighted by molar-refractivity contribution is 7.89. The molecule has 136 valence electrons. The fourth-order valence-corrected chi connectivity index (χ4v) is 3.13. The third-order valence-electron chi connectivity index (χ3n) is 3.53. The number of halogens is 1. The number of urea groups is 1. The summed E-state index contributed by atoms with van der Waals surface area (Å²) >= 11 is 0. The van der Waals surface area contributed by atoms with Crippen LogP contribution in [-0.4, -0.2) is 38.5 Å². The van der Waals surface area contributed by atoms with E-state index < -0.39 is 34.4 Å². The van der Waals surface area contributed by atoms with E-state index in [0.29, 0.717) is 11.5 Å². The van der Waals surface area contributed by atoms with Crippen molar-refractivity contribution < 1.29 is 27.1 Å². The third-order valence-corrected chi connectivity index (χ3v) is 4.94. The van der Waals surface area contributed by atoms with Crippen LogP contribution in [0.15, 0.2) is 53.4 Å². The lowest BCUT2D eigenvalue weighted by molar-refractivity contribution is -0.125. The maximum absolute atomic E-state index is 12.9. The van der Waals surface area contributed by atoms with Crippen molar-refractivity contribution >= 4 is 22.0 Å². The Balaban J connectivity index is 1.65. The number of ether oxygens (including phenoxy) is 1. The Morgan fingerprint density at radius 1 is 1.04 bits per heavy atom. The maximum Gasteiger partial charge on any atom is 0.325 e. The quantitative estimate of drug-likeness (QED) is 0.739. The molecular formula is C16H14FN3O5S. The number of sulfonamides is 1. The van der Waals surface area contributed by atoms with Gasteiger partial charge < -0.3 is 10.1 Å². The van der Waals surface area contributed by atoms with E-state index in [-0.39, 0.29) is 11.4 Å². The van der Waals surface area contributed by atoms with Crippen LogP contribution in [0.25, 0.3) is 0 Å². The number of carbonyl (C=O) groups is 2. The highest BCUT2D eigenvalue weighted by Gasteiger charge is 2.29. The Kier molecular flexibility index (Phi) is 4.87. The van der Waals surface area contributed by atoms with E-state index in [9.17, 15) is 22.4 Å². The second-order valence-corrected chi connectivity index (χ2v) is 7.08. The van der Waals surface area contributed by atoms with E-state index >= 15 is 0 Å². The molecule has 0 unspecified atom stereocenters. The second kappa shape index (κ2) is 7.10. The van der Waals surface area contributed by atoms with E-state index in [1.165, 1.54) is 48.5 Å². The van der Waals surface area contributed by atoms with Gasteiger partial charge in [-0.25, -0.2) is 22.5 Å². The minimum absolute atomic E-state index is 0.0592. The summed E-state index contributed by atoms with van der Waals surface area (Å²) in [4.78, 5) is 23.5. The summed E-state index contributed by atoms with van der Waals surface area (Å²) in [7, 11) is -3.92. The van der Waals surface area contributed by atoms with Gasteiger partial charge in [0.15, 0.2) is 0 Å². The van der Waals surface area contributed by atoms with E-state index in [1.807, 2.05) is 0 Å². The van der Waals surface area contributed by atoms with Crippen molar-refractivity contribution in [3.05, 3.63) is 54.3 Å². The van der Waals surface area contributed by atoms with Crippen LogP contribution in [0.3, 0.4) is 0 Å². The molecule has 0 aliphatic carbocycles. The topological polar surface area (TPSA) is 105 Å². The zero-order valence-corrected chi connectivity index (χ0v) is 14.1. The summed E-state index contributed by atoms with van der Waals surface area (Å²) in [6.45, 7) is -0.614. The predicted octanol–water partition coefficient (Wildman–Crippen LogP) is 1.41. The Morgan fingerprint density at radius 2 is 1.62 bits per heavy atom. The van der Waals surface area contributed by atoms with E-state index in [2.05, 4.69) is 10.0 Å². The minimum Gasteiger partial charge on any atom is -0.457 e. The molecule has 1 fully saturated rings. The van der Waals surface area contributed by atoms with Gasteiger partial charge in [-0.2, -0.15) is 4.72 Å². The normalized spacial score (nSPS) is 14.4. The number of nitrogens with one attached hydrogen (secondary N) is 2. The minimum atomic E-state index is -3.92. The lowest BCUT2D eigenvalue weighted by Gasteiger charge is -2.14. The molecular weight excluding hydrogens is 365 g/mol. The van der Waals surface area contributed by atoms with E-state index in [0.717, 1.165) is 4.90 Å². The van der Waals surface area contributed by atoms with Crippen molar-refractivity contribution in [2.45, 2.75) is 4.90 Å². The van der Waals surface area contributed by atoms with Crippen molar-refractivity contribution in [1.82, 2.24) is 14.9 Å². The summed E-state index contributed by atoms with van der Waals surface area (Å²) in [6, 6.07) is 10.2. The third kappa shape index (κ3) is 3.98. The summed E-state index contributed by atoms with van der Waals surface area (Å²) in [6.07, 6.45) is 0. The van der Waals surface area contributed by atoms with Gasteiger partial charge in [-0.15, -0.1) is 0 Å². The monoisotopic (exact) mass is 379 g/mol. The molecule has 0 aromatic heterocycles. The van der Waals surface area contributed by atoms with Gasteiger partial charge in [0, 0.05) is 0 Å². The number of rotatable bonds is 6. The molecule has 3 amide bonds. The van der Waals surface area contributed by atoms with Gasteiger partial charge in [-0.1, -0.05) is 0 Å². The fraction of sp³-hybridized carbons (Fsp3) is 0.125. The standard InChI is InChI=1S/C16H14FN3O5S/c17-11-1-3-12(4-2-11)25-13-5-7-14(8-6-13)26(23,24)19-10-20-15(21)9-18-16(20)22/h1-8,19H,9-10H2,(H,18,22). The fourth-order valence-electron chi connectivity index (χ4n) is 2.17. The van der Waals surface area contributed by atoms with Crippen molar-refractivity contribution in [2.75, 3.05) is 13.2 Å². The Labute approximate surface area is 148 Å². The highest BCUT2D eigenvalue weighted by atomic mass is 32.2. The largest absolute Gasteiger partial charge is 0.457 e. The summed E-state index contributed by atoms with van der Waals surface area (Å²) in [5, 5.41) is 2.29. The summed E-state index contributed by atoms with van der Waals surface area (Å²) in [5.41, 5.74) is 0. The molecule has 0 saturated carbocycles. The number of nitrogens with zero attached hydrogens (tertiary/aromatic N) is 1. The van der Waals surface area contributed by atoms with Gasteiger partial charge in [0.25, 0.3) is 5.91 Å². The molecule has 2 N–H and O–H groups in total. The lowest BCUT2D eigenvalue weighted by atomic mass is 10.3. The maximum atomic E-state index is 12.9. The Bertz CT molecular complexity index is 913.